The number of amidine groups is 1. The minimum absolute atomic E-state index is 0.0497. The smallest absolute Gasteiger partial charge is 0.346 e. The van der Waals surface area contributed by atoms with Gasteiger partial charge in [0.15, 0.2) is 11.3 Å². The van der Waals surface area contributed by atoms with Gasteiger partial charge >= 0.3 is 6.03 Å². The highest BCUT2D eigenvalue weighted by atomic mass is 32.2. The molecule has 1 saturated heterocycles. The number of ether oxygens (including phenoxy) is 1. The molecule has 0 unspecified atom stereocenters. The van der Waals surface area contributed by atoms with Gasteiger partial charge in [0, 0.05) is 30.3 Å². The monoisotopic (exact) mass is 719 g/mol. The molecule has 6 rings (SSSR count). The molecule has 0 saturated carbocycles. The normalized spacial score (nSPS) is 18.9. The summed E-state index contributed by atoms with van der Waals surface area (Å²) in [6.07, 6.45) is 12.6. The highest BCUT2D eigenvalue weighted by Crippen LogP contribution is 2.39. The molecule has 1 aliphatic carbocycles. The molecular formula is C35H47N10O5S+. The van der Waals surface area contributed by atoms with Gasteiger partial charge in [0.1, 0.15) is 18.1 Å². The van der Waals surface area contributed by atoms with Crippen molar-refractivity contribution in [3.63, 3.8) is 0 Å². The van der Waals surface area contributed by atoms with Crippen LogP contribution in [0, 0.1) is 5.41 Å². The van der Waals surface area contributed by atoms with Crippen molar-refractivity contribution in [2.45, 2.75) is 71.6 Å². The number of quaternary nitrogens is 1. The molecule has 0 spiro atoms. The lowest BCUT2D eigenvalue weighted by atomic mass is 9.85. The van der Waals surface area contributed by atoms with Crippen LogP contribution in [0.1, 0.15) is 76.1 Å². The first-order valence-corrected chi connectivity index (χ1v) is 19.1. The average molecular weight is 720 g/mol. The number of pyridine rings is 1. The molecule has 51 heavy (non-hydrogen) atoms. The van der Waals surface area contributed by atoms with Crippen molar-refractivity contribution >= 4 is 39.3 Å². The van der Waals surface area contributed by atoms with E-state index < -0.39 is 16.1 Å². The Morgan fingerprint density at radius 1 is 1.08 bits per heavy atom. The number of nitrogens with zero attached hydrogens (tertiary/aromatic N) is 7. The fourth-order valence-electron chi connectivity index (χ4n) is 6.24. The van der Waals surface area contributed by atoms with E-state index in [1.807, 2.05) is 67.8 Å². The molecular weight excluding hydrogens is 673 g/mol. The standard InChI is InChI=1S/C35H46N10O5S/c1-35(2,3)30(36)20-31(38-24-21-37-44(22-24)18-19-49-51(4,47)48)40-33(46)39-28-13-14-29(27-11-7-6-10-26(27)28)50-25-12-15-32-41-42-34(45(32)23-25)43-16-8-5-9-17-43/h6-7,10-12,15,20-23,28-29H,5,8-9,13-14,16-19,36H2,1-4H3,(H2,38,39,40,46)/p+1/b30-20-/t28-,29+/m0/s1. The van der Waals surface area contributed by atoms with E-state index in [0.717, 1.165) is 60.7 Å². The van der Waals surface area contributed by atoms with Gasteiger partial charge < -0.3 is 20.7 Å². The van der Waals surface area contributed by atoms with E-state index in [2.05, 4.69) is 30.5 Å². The first-order chi connectivity index (χ1) is 24.3. The van der Waals surface area contributed by atoms with Crippen molar-refractivity contribution in [2.75, 3.05) is 30.9 Å². The zero-order valence-electron chi connectivity index (χ0n) is 29.5. The van der Waals surface area contributed by atoms with Gasteiger partial charge in [-0.25, -0.2) is 4.79 Å². The van der Waals surface area contributed by atoms with Crippen molar-refractivity contribution in [3.8, 4) is 5.75 Å². The van der Waals surface area contributed by atoms with Gasteiger partial charge in [-0.05, 0) is 55.4 Å². The minimum Gasteiger partial charge on any atom is -0.484 e. The molecule has 4 aromatic rings. The molecule has 1 aliphatic heterocycles. The number of nitrogens with one attached hydrogen (secondary N) is 1. The molecule has 0 bridgehead atoms. The number of benzene rings is 1. The molecule has 3 aromatic heterocycles. The molecule has 5 N–H and O–H groups in total. The summed E-state index contributed by atoms with van der Waals surface area (Å²) in [5.74, 6) is 1.92. The molecule has 1 aromatic carbocycles. The van der Waals surface area contributed by atoms with Gasteiger partial charge in [0.05, 0.1) is 37.8 Å². The first kappa shape index (κ1) is 36.0. The lowest BCUT2D eigenvalue weighted by Crippen LogP contribution is -2.82. The molecule has 1 fully saturated rings. The number of nitrogens with two attached hydrogens (primary N) is 2. The number of hydrogen-bond donors (Lipinski definition) is 3. The summed E-state index contributed by atoms with van der Waals surface area (Å²) in [6, 6.07) is 11.1. The summed E-state index contributed by atoms with van der Waals surface area (Å²) >= 11 is 0. The van der Waals surface area contributed by atoms with Gasteiger partial charge in [-0.2, -0.15) is 13.5 Å². The molecule has 16 heteroatoms. The number of allylic oxidation sites excluding steroid dienone is 1. The summed E-state index contributed by atoms with van der Waals surface area (Å²) in [7, 11) is -3.55. The summed E-state index contributed by atoms with van der Waals surface area (Å²) in [6.45, 7) is 8.05. The summed E-state index contributed by atoms with van der Waals surface area (Å²) in [5, 5.41) is 17.9. The van der Waals surface area contributed by atoms with Gasteiger partial charge in [-0.1, -0.05) is 45.0 Å². The fourth-order valence-corrected chi connectivity index (χ4v) is 6.61. The largest absolute Gasteiger partial charge is 0.484 e. The lowest BCUT2D eigenvalue weighted by molar-refractivity contribution is -0.442. The van der Waals surface area contributed by atoms with Crippen molar-refractivity contribution in [3.05, 3.63) is 77.9 Å². The van der Waals surface area contributed by atoms with Crippen molar-refractivity contribution in [1.82, 2.24) is 29.7 Å². The van der Waals surface area contributed by atoms with Crippen molar-refractivity contribution < 1.29 is 27.4 Å². The summed E-state index contributed by atoms with van der Waals surface area (Å²) in [5.41, 5.74) is 10.0. The maximum absolute atomic E-state index is 13.5. The number of rotatable bonds is 10. The van der Waals surface area contributed by atoms with E-state index in [0.29, 0.717) is 30.1 Å². The van der Waals surface area contributed by atoms with E-state index in [4.69, 9.17) is 14.7 Å². The molecule has 2 atom stereocenters. The topological polar surface area (TPSA) is 188 Å². The van der Waals surface area contributed by atoms with Gasteiger partial charge in [-0.3, -0.25) is 18.6 Å². The maximum atomic E-state index is 13.5. The van der Waals surface area contributed by atoms with E-state index in [9.17, 15) is 13.2 Å². The van der Waals surface area contributed by atoms with Crippen LogP contribution < -0.4 is 26.0 Å². The lowest BCUT2D eigenvalue weighted by Gasteiger charge is -2.32. The van der Waals surface area contributed by atoms with E-state index in [-0.39, 0.29) is 30.7 Å². The number of aromatic nitrogens is 5. The number of amides is 2. The van der Waals surface area contributed by atoms with Crippen LogP contribution in [0.3, 0.4) is 0 Å². The Morgan fingerprint density at radius 2 is 1.84 bits per heavy atom. The summed E-state index contributed by atoms with van der Waals surface area (Å²) < 4.78 is 37.6. The molecule has 272 valence electrons. The predicted molar refractivity (Wildman–Crippen MR) is 193 cm³/mol. The number of piperidine rings is 1. The zero-order valence-corrected chi connectivity index (χ0v) is 30.3. The van der Waals surface area contributed by atoms with Crippen LogP contribution in [0.4, 0.5) is 16.4 Å². The second-order valence-corrected chi connectivity index (χ2v) is 15.7. The third-order valence-electron chi connectivity index (χ3n) is 8.99. The number of aliphatic imine (C=N–C) groups is 1. The van der Waals surface area contributed by atoms with Crippen LogP contribution >= 0.6 is 0 Å². The second-order valence-electron chi connectivity index (χ2n) is 14.0. The van der Waals surface area contributed by atoms with E-state index in [1.165, 1.54) is 6.42 Å². The number of urea groups is 1. The van der Waals surface area contributed by atoms with Crippen LogP contribution in [0.25, 0.3) is 5.65 Å². The Morgan fingerprint density at radius 3 is 2.59 bits per heavy atom. The summed E-state index contributed by atoms with van der Waals surface area (Å²) in [4.78, 5) is 20.2. The van der Waals surface area contributed by atoms with Gasteiger partial charge in [0.25, 0.3) is 10.1 Å². The number of carbonyl (C=O) groups is 1. The molecule has 2 amide bonds. The van der Waals surface area contributed by atoms with Crippen molar-refractivity contribution in [1.29, 1.82) is 0 Å². The minimum atomic E-state index is -3.55. The Bertz CT molecular complexity index is 2020. The molecule has 2 aliphatic rings. The fraction of sp³-hybridized carbons (Fsp3) is 0.457. The van der Waals surface area contributed by atoms with E-state index in [1.54, 1.807) is 28.5 Å². The highest BCUT2D eigenvalue weighted by molar-refractivity contribution is 7.85. The number of anilines is 1. The molecule has 4 heterocycles. The number of hydrogen-bond acceptors (Lipinski definition) is 10. The quantitative estimate of drug-likeness (QED) is 0.124. The van der Waals surface area contributed by atoms with Crippen LogP contribution in [0.15, 0.2) is 71.8 Å². The van der Waals surface area contributed by atoms with Crippen LogP contribution in [0.2, 0.25) is 0 Å². The third kappa shape index (κ3) is 9.31. The van der Waals surface area contributed by atoms with Gasteiger partial charge in [-0.15, -0.1) is 15.2 Å². The average Bonchev–Trinajstić information content (AvgIpc) is 3.71. The second kappa shape index (κ2) is 15.2. The van der Waals surface area contributed by atoms with Gasteiger partial charge in [0.2, 0.25) is 11.8 Å². The Kier molecular flexibility index (Phi) is 10.7. The van der Waals surface area contributed by atoms with E-state index >= 15 is 0 Å². The molecule has 0 radical (unpaired) electrons. The predicted octanol–water partition coefficient (Wildman–Crippen LogP) is 3.74. The number of carbonyl (C=O) groups excluding carboxylic acids is 1. The Balaban J connectivity index is 1.17. The van der Waals surface area contributed by atoms with Crippen molar-refractivity contribution in [2.24, 2.45) is 16.1 Å². The highest BCUT2D eigenvalue weighted by Gasteiger charge is 2.30. The number of fused-ring (bicyclic) bond motifs is 2. The first-order valence-electron chi connectivity index (χ1n) is 17.3. The third-order valence-corrected chi connectivity index (χ3v) is 9.59. The Labute approximate surface area is 298 Å². The maximum Gasteiger partial charge on any atom is 0.346 e. The van der Waals surface area contributed by atoms with Crippen LogP contribution in [0.5, 0.6) is 5.75 Å². The van der Waals surface area contributed by atoms with Crippen LogP contribution in [-0.4, -0.2) is 70.6 Å². The SMILES string of the molecule is CC(C)(C)/C(N)=C/C(=N\C(=O)N[C@H]1CC[C@@H](Oc2ccc3nnc(N4CCCCC4)n3c2)c2ccccc21)[NH2+]c1cnn(CCOS(C)(=O)=O)c1. The Hall–Kier alpha value is -4.80. The molecule has 15 nitrogen and oxygen atoms in total. The van der Waals surface area contributed by atoms with Crippen LogP contribution in [-0.2, 0) is 20.8 Å². The zero-order chi connectivity index (χ0) is 36.2.